The number of likely N-dealkylation sites (N-methyl/N-ethyl adjacent to an activating group) is 1. The van der Waals surface area contributed by atoms with Crippen LogP contribution < -0.4 is 16.0 Å². The number of aliphatic imine (C=N–C) groups is 1. The number of guanidine groups is 1. The van der Waals surface area contributed by atoms with Gasteiger partial charge in [-0.3, -0.25) is 9.79 Å². The second-order valence-electron chi connectivity index (χ2n) is 8.21. The molecule has 1 saturated heterocycles. The predicted octanol–water partition coefficient (Wildman–Crippen LogP) is 2.17. The third-order valence-corrected chi connectivity index (χ3v) is 5.95. The number of nitrogens with zero attached hydrogens (tertiary/aromatic N) is 3. The lowest BCUT2D eigenvalue weighted by atomic mass is 9.90. The fourth-order valence-corrected chi connectivity index (χ4v) is 4.19. The zero-order chi connectivity index (χ0) is 20.6. The number of anilines is 1. The van der Waals surface area contributed by atoms with Crippen molar-refractivity contribution < 1.29 is 4.79 Å². The second kappa shape index (κ2) is 12.5. The van der Waals surface area contributed by atoms with Gasteiger partial charge in [-0.05, 0) is 24.1 Å². The number of amides is 1. The van der Waals surface area contributed by atoms with Gasteiger partial charge in [0.1, 0.15) is 0 Å². The number of nitrogens with one attached hydrogen (secondary N) is 3. The number of carbonyl (C=O) groups excluding carboxylic acids is 1. The van der Waals surface area contributed by atoms with Gasteiger partial charge in [-0.2, -0.15) is 0 Å². The molecule has 3 rings (SSSR count). The average Bonchev–Trinajstić information content (AvgIpc) is 2.74. The summed E-state index contributed by atoms with van der Waals surface area (Å²) in [6.07, 6.45) is 0.501. The van der Waals surface area contributed by atoms with E-state index in [0.717, 1.165) is 44.4 Å². The largest absolute Gasteiger partial charge is 0.356 e. The Balaban J connectivity index is 0.00000320. The van der Waals surface area contributed by atoms with Crippen molar-refractivity contribution in [3.05, 3.63) is 29.8 Å². The Bertz CT molecular complexity index is 705. The maximum Gasteiger partial charge on any atom is 0.225 e. The van der Waals surface area contributed by atoms with E-state index in [1.54, 1.807) is 7.05 Å². The maximum absolute atomic E-state index is 12.0. The topological polar surface area (TPSA) is 72.0 Å². The van der Waals surface area contributed by atoms with Gasteiger partial charge in [0.05, 0.1) is 0 Å². The summed E-state index contributed by atoms with van der Waals surface area (Å²) in [6, 6.07) is 8.05. The lowest BCUT2D eigenvalue weighted by molar-refractivity contribution is -0.116. The van der Waals surface area contributed by atoms with Crippen molar-refractivity contribution in [3.63, 3.8) is 0 Å². The molecule has 0 spiro atoms. The number of carbonyl (C=O) groups is 1. The number of benzene rings is 1. The summed E-state index contributed by atoms with van der Waals surface area (Å²) in [4.78, 5) is 21.4. The highest BCUT2D eigenvalue weighted by atomic mass is 127. The fourth-order valence-electron chi connectivity index (χ4n) is 4.19. The molecule has 7 nitrogen and oxygen atoms in total. The van der Waals surface area contributed by atoms with E-state index < -0.39 is 0 Å². The molecule has 1 aromatic rings. The lowest BCUT2D eigenvalue weighted by Gasteiger charge is -2.35. The molecule has 1 amide bonds. The summed E-state index contributed by atoms with van der Waals surface area (Å²) < 4.78 is 0. The molecule has 3 N–H and O–H groups in total. The maximum atomic E-state index is 12.0. The minimum atomic E-state index is 0. The van der Waals surface area contributed by atoms with Crippen molar-refractivity contribution >= 4 is 41.5 Å². The van der Waals surface area contributed by atoms with E-state index in [4.69, 9.17) is 0 Å². The molecule has 0 bridgehead atoms. The van der Waals surface area contributed by atoms with E-state index in [1.165, 1.54) is 18.7 Å². The average molecular weight is 528 g/mol. The molecule has 2 unspecified atom stereocenters. The van der Waals surface area contributed by atoms with E-state index in [0.29, 0.717) is 18.9 Å². The van der Waals surface area contributed by atoms with Gasteiger partial charge in [0.15, 0.2) is 5.96 Å². The molecule has 2 heterocycles. The Morgan fingerprint density at radius 2 is 1.90 bits per heavy atom. The SMILES string of the molecule is CCN1CCN(CC(C)CNC(=NC)NCC2CC(=O)Nc3ccccc32)CC1.I. The van der Waals surface area contributed by atoms with Crippen LogP contribution in [0.3, 0.4) is 0 Å². The third kappa shape index (κ3) is 7.09. The van der Waals surface area contributed by atoms with E-state index in [1.807, 2.05) is 18.2 Å². The molecule has 1 aromatic carbocycles. The summed E-state index contributed by atoms with van der Waals surface area (Å²) in [5.41, 5.74) is 2.12. The highest BCUT2D eigenvalue weighted by Gasteiger charge is 2.25. The highest BCUT2D eigenvalue weighted by molar-refractivity contribution is 14.0. The zero-order valence-electron chi connectivity index (χ0n) is 18.5. The Labute approximate surface area is 198 Å². The van der Waals surface area contributed by atoms with Crippen molar-refractivity contribution in [2.24, 2.45) is 10.9 Å². The van der Waals surface area contributed by atoms with Gasteiger partial charge < -0.3 is 25.8 Å². The van der Waals surface area contributed by atoms with Crippen LogP contribution in [-0.2, 0) is 4.79 Å². The summed E-state index contributed by atoms with van der Waals surface area (Å²) in [6.45, 7) is 13.0. The molecule has 8 heteroatoms. The van der Waals surface area contributed by atoms with Crippen LogP contribution in [0.1, 0.15) is 31.7 Å². The van der Waals surface area contributed by atoms with Crippen molar-refractivity contribution in [1.82, 2.24) is 20.4 Å². The smallest absolute Gasteiger partial charge is 0.225 e. The fraction of sp³-hybridized carbons (Fsp3) is 0.636. The van der Waals surface area contributed by atoms with Gasteiger partial charge in [0, 0.05) is 70.9 Å². The van der Waals surface area contributed by atoms with Gasteiger partial charge in [0.25, 0.3) is 0 Å². The Kier molecular flexibility index (Phi) is 10.3. The molecule has 30 heavy (non-hydrogen) atoms. The van der Waals surface area contributed by atoms with Crippen LogP contribution in [0.2, 0.25) is 0 Å². The first-order valence-electron chi connectivity index (χ1n) is 10.9. The van der Waals surface area contributed by atoms with Crippen LogP contribution in [-0.4, -0.2) is 81.1 Å². The predicted molar refractivity (Wildman–Crippen MR) is 135 cm³/mol. The van der Waals surface area contributed by atoms with E-state index in [2.05, 4.69) is 50.7 Å². The first-order chi connectivity index (χ1) is 14.1. The summed E-state index contributed by atoms with van der Waals surface area (Å²) >= 11 is 0. The van der Waals surface area contributed by atoms with Crippen LogP contribution in [0.15, 0.2) is 29.3 Å². The molecule has 0 radical (unpaired) electrons. The number of hydrogen-bond acceptors (Lipinski definition) is 4. The summed E-state index contributed by atoms with van der Waals surface area (Å²) in [5.74, 6) is 1.58. The Hall–Kier alpha value is -1.39. The lowest BCUT2D eigenvalue weighted by Crippen LogP contribution is -2.48. The van der Waals surface area contributed by atoms with Gasteiger partial charge in [0.2, 0.25) is 5.91 Å². The van der Waals surface area contributed by atoms with Gasteiger partial charge in [-0.1, -0.05) is 32.0 Å². The molecule has 168 valence electrons. The first-order valence-corrected chi connectivity index (χ1v) is 10.9. The zero-order valence-corrected chi connectivity index (χ0v) is 20.8. The van der Waals surface area contributed by atoms with Crippen LogP contribution in [0.4, 0.5) is 5.69 Å². The normalized spacial score (nSPS) is 21.2. The monoisotopic (exact) mass is 528 g/mol. The second-order valence-corrected chi connectivity index (χ2v) is 8.21. The quantitative estimate of drug-likeness (QED) is 0.288. The number of rotatable bonds is 7. The van der Waals surface area contributed by atoms with Crippen LogP contribution >= 0.6 is 24.0 Å². The van der Waals surface area contributed by atoms with Gasteiger partial charge >= 0.3 is 0 Å². The standard InChI is InChI=1S/C22H36N6O.HI/c1-4-27-9-11-28(12-10-27)16-17(2)14-24-22(23-3)25-15-18-13-21(29)26-20-8-6-5-7-19(18)20;/h5-8,17-18H,4,9-16H2,1-3H3,(H,26,29)(H2,23,24,25);1H. The molecular weight excluding hydrogens is 491 g/mol. The molecule has 2 aliphatic heterocycles. The molecule has 1 fully saturated rings. The number of hydrogen-bond donors (Lipinski definition) is 3. The van der Waals surface area contributed by atoms with Crippen LogP contribution in [0, 0.1) is 5.92 Å². The van der Waals surface area contributed by atoms with Gasteiger partial charge in [-0.15, -0.1) is 24.0 Å². The molecule has 0 aromatic heterocycles. The number of para-hydroxylation sites is 1. The number of halogens is 1. The number of piperazine rings is 1. The van der Waals surface area contributed by atoms with Crippen molar-refractivity contribution in [2.75, 3.05) is 64.7 Å². The molecular formula is C22H37IN6O. The Morgan fingerprint density at radius 1 is 1.20 bits per heavy atom. The third-order valence-electron chi connectivity index (χ3n) is 5.95. The molecule has 0 saturated carbocycles. The van der Waals surface area contributed by atoms with Crippen LogP contribution in [0.5, 0.6) is 0 Å². The van der Waals surface area contributed by atoms with Gasteiger partial charge in [-0.25, -0.2) is 0 Å². The molecule has 0 aliphatic carbocycles. The van der Waals surface area contributed by atoms with Crippen LogP contribution in [0.25, 0.3) is 0 Å². The highest BCUT2D eigenvalue weighted by Crippen LogP contribution is 2.31. The van der Waals surface area contributed by atoms with E-state index in [-0.39, 0.29) is 35.8 Å². The van der Waals surface area contributed by atoms with E-state index >= 15 is 0 Å². The molecule has 2 aliphatic rings. The Morgan fingerprint density at radius 3 is 2.60 bits per heavy atom. The first kappa shape index (κ1) is 24.9. The summed E-state index contributed by atoms with van der Waals surface area (Å²) in [7, 11) is 1.80. The summed E-state index contributed by atoms with van der Waals surface area (Å²) in [5, 5.41) is 9.82. The number of fused-ring (bicyclic) bond motifs is 1. The van der Waals surface area contributed by atoms with Crippen molar-refractivity contribution in [1.29, 1.82) is 0 Å². The van der Waals surface area contributed by atoms with E-state index in [9.17, 15) is 4.79 Å². The minimum absolute atomic E-state index is 0. The molecule has 2 atom stereocenters. The van der Waals surface area contributed by atoms with Crippen molar-refractivity contribution in [2.45, 2.75) is 26.2 Å². The minimum Gasteiger partial charge on any atom is -0.356 e. The van der Waals surface area contributed by atoms with Crippen molar-refractivity contribution in [3.8, 4) is 0 Å².